The zero-order valence-electron chi connectivity index (χ0n) is 15.4. The lowest BCUT2D eigenvalue weighted by molar-refractivity contribution is -0.128. The fourth-order valence-corrected chi connectivity index (χ4v) is 3.11. The Hall–Kier alpha value is -3.08. The van der Waals surface area contributed by atoms with Crippen LogP contribution in [-0.4, -0.2) is 28.3 Å². The average molecular weight is 364 g/mol. The molecule has 0 aliphatic rings. The second-order valence-corrected chi connectivity index (χ2v) is 6.84. The molecular formula is C22H24N2O3. The molecule has 0 bridgehead atoms. The number of phenols is 1. The predicted octanol–water partition coefficient (Wildman–Crippen LogP) is 3.43. The molecular weight excluding hydrogens is 340 g/mol. The first-order valence-electron chi connectivity index (χ1n) is 9.14. The number of hydrogen-bond acceptors (Lipinski definition) is 3. The smallest absolute Gasteiger partial charge is 0.227 e. The van der Waals surface area contributed by atoms with Crippen LogP contribution >= 0.6 is 0 Å². The number of carbonyl (C=O) groups excluding carboxylic acids is 2. The molecule has 3 N–H and O–H groups in total. The fourth-order valence-electron chi connectivity index (χ4n) is 3.11. The van der Waals surface area contributed by atoms with Crippen molar-refractivity contribution in [3.8, 4) is 5.75 Å². The van der Waals surface area contributed by atoms with Gasteiger partial charge in [-0.15, -0.1) is 0 Å². The number of aromatic amines is 1. The zero-order chi connectivity index (χ0) is 19.2. The van der Waals surface area contributed by atoms with Gasteiger partial charge in [0.15, 0.2) is 0 Å². The van der Waals surface area contributed by atoms with Crippen molar-refractivity contribution in [2.45, 2.75) is 32.6 Å². The maximum atomic E-state index is 12.0. The molecule has 0 aliphatic carbocycles. The van der Waals surface area contributed by atoms with Crippen molar-refractivity contribution in [2.24, 2.45) is 0 Å². The van der Waals surface area contributed by atoms with E-state index in [9.17, 15) is 14.7 Å². The highest BCUT2D eigenvalue weighted by Crippen LogP contribution is 2.19. The van der Waals surface area contributed by atoms with Crippen LogP contribution in [-0.2, 0) is 22.4 Å². The van der Waals surface area contributed by atoms with Crippen LogP contribution in [0.5, 0.6) is 5.75 Å². The van der Waals surface area contributed by atoms with Crippen LogP contribution in [0.2, 0.25) is 0 Å². The summed E-state index contributed by atoms with van der Waals surface area (Å²) in [6, 6.07) is 13.0. The number of rotatable bonds is 8. The predicted molar refractivity (Wildman–Crippen MR) is 106 cm³/mol. The SMILES string of the molecule is Cc1ccc2[nH]cc(CCNC(=O)CC(=O)CCc3ccc(O)cc3)c2c1. The lowest BCUT2D eigenvalue weighted by Crippen LogP contribution is -2.27. The van der Waals surface area contributed by atoms with Gasteiger partial charge in [0, 0.05) is 30.1 Å². The third-order valence-corrected chi connectivity index (χ3v) is 4.63. The van der Waals surface area contributed by atoms with E-state index in [4.69, 9.17) is 0 Å². The summed E-state index contributed by atoms with van der Waals surface area (Å²) in [4.78, 5) is 27.2. The van der Waals surface area contributed by atoms with Crippen molar-refractivity contribution in [3.05, 3.63) is 65.4 Å². The molecule has 3 rings (SSSR count). The zero-order valence-corrected chi connectivity index (χ0v) is 15.4. The topological polar surface area (TPSA) is 82.2 Å². The third-order valence-electron chi connectivity index (χ3n) is 4.63. The molecule has 1 amide bonds. The summed E-state index contributed by atoms with van der Waals surface area (Å²) in [5.74, 6) is -0.111. The quantitative estimate of drug-likeness (QED) is 0.536. The van der Waals surface area contributed by atoms with Gasteiger partial charge >= 0.3 is 0 Å². The summed E-state index contributed by atoms with van der Waals surface area (Å²) in [6.07, 6.45) is 3.49. The minimum atomic E-state index is -0.235. The first-order chi connectivity index (χ1) is 13.0. The van der Waals surface area contributed by atoms with Crippen LogP contribution in [0.15, 0.2) is 48.7 Å². The van der Waals surface area contributed by atoms with Gasteiger partial charge in [-0.3, -0.25) is 9.59 Å². The Morgan fingerprint density at radius 3 is 2.63 bits per heavy atom. The normalized spacial score (nSPS) is 10.9. The summed E-state index contributed by atoms with van der Waals surface area (Å²) >= 11 is 0. The van der Waals surface area contributed by atoms with E-state index in [0.717, 1.165) is 23.1 Å². The molecule has 1 aromatic heterocycles. The van der Waals surface area contributed by atoms with Crippen molar-refractivity contribution >= 4 is 22.6 Å². The van der Waals surface area contributed by atoms with E-state index >= 15 is 0 Å². The Labute approximate surface area is 158 Å². The second-order valence-electron chi connectivity index (χ2n) is 6.84. The number of aromatic hydroxyl groups is 1. The molecule has 0 unspecified atom stereocenters. The van der Waals surface area contributed by atoms with Crippen LogP contribution in [0.25, 0.3) is 10.9 Å². The highest BCUT2D eigenvalue weighted by molar-refractivity contribution is 5.98. The molecule has 27 heavy (non-hydrogen) atoms. The van der Waals surface area contributed by atoms with E-state index in [0.29, 0.717) is 19.4 Å². The Kier molecular flexibility index (Phi) is 5.91. The molecule has 0 saturated carbocycles. The standard InChI is InChI=1S/C22H24N2O3/c1-15-2-9-21-20(12-15)17(14-24-21)10-11-23-22(27)13-19(26)8-5-16-3-6-18(25)7-4-16/h2-4,6-7,9,12,14,24-25H,5,8,10-11,13H2,1H3,(H,23,27). The van der Waals surface area contributed by atoms with Crippen molar-refractivity contribution in [1.82, 2.24) is 10.3 Å². The number of benzene rings is 2. The highest BCUT2D eigenvalue weighted by atomic mass is 16.3. The summed E-state index contributed by atoms with van der Waals surface area (Å²) in [6.45, 7) is 2.56. The third kappa shape index (κ3) is 5.20. The van der Waals surface area contributed by atoms with Gasteiger partial charge in [-0.2, -0.15) is 0 Å². The van der Waals surface area contributed by atoms with Gasteiger partial charge in [-0.05, 0) is 55.2 Å². The van der Waals surface area contributed by atoms with E-state index in [2.05, 4.69) is 35.4 Å². The van der Waals surface area contributed by atoms with Gasteiger partial charge in [0.1, 0.15) is 11.5 Å². The summed E-state index contributed by atoms with van der Waals surface area (Å²) in [5.41, 5.74) is 4.42. The van der Waals surface area contributed by atoms with Crippen LogP contribution in [0, 0.1) is 6.92 Å². The number of aromatic nitrogens is 1. The minimum absolute atomic E-state index is 0.0803. The summed E-state index contributed by atoms with van der Waals surface area (Å²) in [7, 11) is 0. The number of ketones is 1. The first kappa shape index (κ1) is 18.7. The number of nitrogens with one attached hydrogen (secondary N) is 2. The van der Waals surface area contributed by atoms with Gasteiger partial charge in [0.25, 0.3) is 0 Å². The lowest BCUT2D eigenvalue weighted by Gasteiger charge is -2.05. The molecule has 140 valence electrons. The monoisotopic (exact) mass is 364 g/mol. The van der Waals surface area contributed by atoms with E-state index in [-0.39, 0.29) is 23.9 Å². The molecule has 0 radical (unpaired) electrons. The fraction of sp³-hybridized carbons (Fsp3) is 0.273. The number of fused-ring (bicyclic) bond motifs is 1. The van der Waals surface area contributed by atoms with E-state index in [1.807, 2.05) is 6.20 Å². The van der Waals surface area contributed by atoms with Crippen LogP contribution in [0.1, 0.15) is 29.5 Å². The highest BCUT2D eigenvalue weighted by Gasteiger charge is 2.10. The Bertz CT molecular complexity index is 942. The van der Waals surface area contributed by atoms with E-state index in [1.54, 1.807) is 24.3 Å². The van der Waals surface area contributed by atoms with E-state index in [1.165, 1.54) is 10.9 Å². The van der Waals surface area contributed by atoms with Gasteiger partial charge in [0.05, 0.1) is 6.42 Å². The number of amides is 1. The Morgan fingerprint density at radius 1 is 1.07 bits per heavy atom. The van der Waals surface area contributed by atoms with Crippen molar-refractivity contribution in [3.63, 3.8) is 0 Å². The van der Waals surface area contributed by atoms with Gasteiger partial charge < -0.3 is 15.4 Å². The van der Waals surface area contributed by atoms with Gasteiger partial charge in [0.2, 0.25) is 5.91 Å². The molecule has 0 aliphatic heterocycles. The van der Waals surface area contributed by atoms with Crippen molar-refractivity contribution < 1.29 is 14.7 Å². The number of phenolic OH excluding ortho intramolecular Hbond substituents is 1. The number of Topliss-reactive ketones (excluding diaryl/α,β-unsaturated/α-hetero) is 1. The average Bonchev–Trinajstić information content (AvgIpc) is 3.03. The van der Waals surface area contributed by atoms with Gasteiger partial charge in [-0.1, -0.05) is 23.8 Å². The number of hydrogen-bond donors (Lipinski definition) is 3. The van der Waals surface area contributed by atoms with Gasteiger partial charge in [-0.25, -0.2) is 0 Å². The van der Waals surface area contributed by atoms with Crippen LogP contribution in [0.4, 0.5) is 0 Å². The van der Waals surface area contributed by atoms with Crippen LogP contribution < -0.4 is 5.32 Å². The molecule has 1 heterocycles. The largest absolute Gasteiger partial charge is 0.508 e. The molecule has 2 aromatic carbocycles. The number of H-pyrrole nitrogens is 1. The molecule has 3 aromatic rings. The molecule has 0 fully saturated rings. The molecule has 0 spiro atoms. The molecule has 0 atom stereocenters. The summed E-state index contributed by atoms with van der Waals surface area (Å²) < 4.78 is 0. The molecule has 0 saturated heterocycles. The number of aryl methyl sites for hydroxylation is 2. The first-order valence-corrected chi connectivity index (χ1v) is 9.14. The maximum Gasteiger partial charge on any atom is 0.227 e. The molecule has 5 nitrogen and oxygen atoms in total. The Morgan fingerprint density at radius 2 is 1.85 bits per heavy atom. The van der Waals surface area contributed by atoms with E-state index < -0.39 is 0 Å². The summed E-state index contributed by atoms with van der Waals surface area (Å²) in [5, 5.41) is 13.3. The van der Waals surface area contributed by atoms with Crippen LogP contribution in [0.3, 0.4) is 0 Å². The van der Waals surface area contributed by atoms with Crippen molar-refractivity contribution in [2.75, 3.05) is 6.54 Å². The van der Waals surface area contributed by atoms with Crippen molar-refractivity contribution in [1.29, 1.82) is 0 Å². The lowest BCUT2D eigenvalue weighted by atomic mass is 10.1. The second kappa shape index (κ2) is 8.54. The minimum Gasteiger partial charge on any atom is -0.508 e. The number of carbonyl (C=O) groups is 2. The maximum absolute atomic E-state index is 12.0. The Balaban J connectivity index is 1.41. The molecule has 5 heteroatoms.